The van der Waals surface area contributed by atoms with E-state index >= 15 is 0 Å². The molecule has 2 aromatic rings. The highest BCUT2D eigenvalue weighted by Gasteiger charge is 2.16. The van der Waals surface area contributed by atoms with Gasteiger partial charge in [0.15, 0.2) is 5.96 Å². The van der Waals surface area contributed by atoms with Gasteiger partial charge >= 0.3 is 0 Å². The van der Waals surface area contributed by atoms with E-state index in [0.29, 0.717) is 17.0 Å². The Balaban J connectivity index is 1.83. The summed E-state index contributed by atoms with van der Waals surface area (Å²) in [7, 11) is 1.79. The van der Waals surface area contributed by atoms with Gasteiger partial charge in [0.05, 0.1) is 0 Å². The van der Waals surface area contributed by atoms with Crippen molar-refractivity contribution in [2.45, 2.75) is 26.2 Å². The maximum absolute atomic E-state index is 5.81. The van der Waals surface area contributed by atoms with E-state index in [2.05, 4.69) is 45.5 Å². The number of aliphatic imine (C=N–C) groups is 1. The lowest BCUT2D eigenvalue weighted by Crippen LogP contribution is -2.40. The molecule has 2 rings (SSSR count). The third-order valence-corrected chi connectivity index (χ3v) is 4.35. The number of hydrogen-bond acceptors (Lipinski definition) is 3. The van der Waals surface area contributed by atoms with Crippen LogP contribution in [0.3, 0.4) is 0 Å². The summed E-state index contributed by atoms with van der Waals surface area (Å²) < 4.78 is 0. The summed E-state index contributed by atoms with van der Waals surface area (Å²) in [5.74, 6) is 1.69. The van der Waals surface area contributed by atoms with Gasteiger partial charge in [-0.05, 0) is 35.6 Å². The zero-order chi connectivity index (χ0) is 18.1. The number of nitrogens with zero attached hydrogens (tertiary/aromatic N) is 3. The fourth-order valence-corrected chi connectivity index (χ4v) is 2.75. The van der Waals surface area contributed by atoms with Crippen molar-refractivity contribution in [3.8, 4) is 0 Å². The largest absolute Gasteiger partial charge is 0.356 e. The summed E-state index contributed by atoms with van der Waals surface area (Å²) in [6.07, 6.45) is 6.41. The van der Waals surface area contributed by atoms with Crippen molar-refractivity contribution in [1.82, 2.24) is 20.6 Å². The fraction of sp³-hybridized carbons (Fsp3) is 0.421. The van der Waals surface area contributed by atoms with Crippen LogP contribution in [-0.2, 0) is 6.42 Å². The van der Waals surface area contributed by atoms with Crippen LogP contribution in [0.2, 0.25) is 5.15 Å². The van der Waals surface area contributed by atoms with E-state index in [1.54, 1.807) is 19.4 Å². The molecule has 1 unspecified atom stereocenters. The van der Waals surface area contributed by atoms with E-state index in [1.165, 1.54) is 5.56 Å². The SMILES string of the molecule is CN=C(NCCc1ccc(Cl)nc1)NCC(c1cccnc1)C(C)C. The van der Waals surface area contributed by atoms with Crippen LogP contribution in [-0.4, -0.2) is 36.1 Å². The molecule has 5 nitrogen and oxygen atoms in total. The highest BCUT2D eigenvalue weighted by Crippen LogP contribution is 2.22. The second-order valence-corrected chi connectivity index (χ2v) is 6.64. The molecule has 0 aliphatic carbocycles. The molecule has 134 valence electrons. The molecule has 25 heavy (non-hydrogen) atoms. The molecule has 0 radical (unpaired) electrons. The minimum absolute atomic E-state index is 0.382. The Labute approximate surface area is 155 Å². The first-order valence-corrected chi connectivity index (χ1v) is 8.92. The number of rotatable bonds is 7. The molecule has 2 N–H and O–H groups in total. The molecule has 0 amide bonds. The van der Waals surface area contributed by atoms with Gasteiger partial charge in [0.1, 0.15) is 5.15 Å². The van der Waals surface area contributed by atoms with Crippen molar-refractivity contribution < 1.29 is 0 Å². The third-order valence-electron chi connectivity index (χ3n) is 4.13. The van der Waals surface area contributed by atoms with E-state index in [4.69, 9.17) is 11.6 Å². The quantitative estimate of drug-likeness (QED) is 0.452. The van der Waals surface area contributed by atoms with E-state index in [9.17, 15) is 0 Å². The van der Waals surface area contributed by atoms with Crippen molar-refractivity contribution in [1.29, 1.82) is 0 Å². The molecule has 0 saturated heterocycles. The molecule has 2 aromatic heterocycles. The van der Waals surface area contributed by atoms with Crippen molar-refractivity contribution in [3.63, 3.8) is 0 Å². The first-order chi connectivity index (χ1) is 12.1. The maximum atomic E-state index is 5.81. The van der Waals surface area contributed by atoms with Gasteiger partial charge in [0, 0.05) is 44.6 Å². The number of guanidine groups is 1. The molecule has 0 aliphatic heterocycles. The molecule has 6 heteroatoms. The van der Waals surface area contributed by atoms with Gasteiger partial charge in [0.25, 0.3) is 0 Å². The summed E-state index contributed by atoms with van der Waals surface area (Å²) in [4.78, 5) is 12.6. The molecule has 1 atom stereocenters. The smallest absolute Gasteiger partial charge is 0.191 e. The first-order valence-electron chi connectivity index (χ1n) is 8.55. The molecule has 0 bridgehead atoms. The van der Waals surface area contributed by atoms with Crippen LogP contribution in [0.4, 0.5) is 0 Å². The van der Waals surface area contributed by atoms with Crippen LogP contribution < -0.4 is 10.6 Å². The number of halogens is 1. The van der Waals surface area contributed by atoms with Gasteiger partial charge in [-0.2, -0.15) is 0 Å². The number of hydrogen-bond donors (Lipinski definition) is 2. The Hall–Kier alpha value is -2.14. The van der Waals surface area contributed by atoms with Gasteiger partial charge in [0.2, 0.25) is 0 Å². The highest BCUT2D eigenvalue weighted by molar-refractivity contribution is 6.29. The Morgan fingerprint density at radius 2 is 2.04 bits per heavy atom. The molecule has 0 spiro atoms. The van der Waals surface area contributed by atoms with Crippen LogP contribution in [0.15, 0.2) is 47.8 Å². The van der Waals surface area contributed by atoms with E-state index < -0.39 is 0 Å². The molecular weight excluding hydrogens is 334 g/mol. The van der Waals surface area contributed by atoms with E-state index in [-0.39, 0.29) is 0 Å². The summed E-state index contributed by atoms with van der Waals surface area (Å²) in [5, 5.41) is 7.28. The molecule has 0 saturated carbocycles. The summed E-state index contributed by atoms with van der Waals surface area (Å²) >= 11 is 5.81. The zero-order valence-electron chi connectivity index (χ0n) is 15.0. The molecular formula is C19H26ClN5. The number of aromatic nitrogens is 2. The molecule has 0 aromatic carbocycles. The average Bonchev–Trinajstić information content (AvgIpc) is 2.62. The van der Waals surface area contributed by atoms with Crippen LogP contribution in [0, 0.1) is 5.92 Å². The number of pyridine rings is 2. The standard InChI is InChI=1S/C19H26ClN5/c1-14(2)17(16-5-4-9-22-12-16)13-25-19(21-3)23-10-8-15-6-7-18(20)24-11-15/h4-7,9,11-12,14,17H,8,10,13H2,1-3H3,(H2,21,23,25). The van der Waals surface area contributed by atoms with Gasteiger partial charge in [-0.15, -0.1) is 0 Å². The van der Waals surface area contributed by atoms with Gasteiger partial charge in [-0.3, -0.25) is 9.98 Å². The third kappa shape index (κ3) is 6.35. The zero-order valence-corrected chi connectivity index (χ0v) is 15.8. The molecule has 0 fully saturated rings. The lowest BCUT2D eigenvalue weighted by atomic mass is 9.89. The second-order valence-electron chi connectivity index (χ2n) is 6.26. The van der Waals surface area contributed by atoms with Crippen LogP contribution in [0.25, 0.3) is 0 Å². The predicted octanol–water partition coefficient (Wildman–Crippen LogP) is 3.28. The van der Waals surface area contributed by atoms with E-state index in [0.717, 1.165) is 31.0 Å². The molecule has 2 heterocycles. The summed E-state index contributed by atoms with van der Waals surface area (Å²) in [6.45, 7) is 6.04. The average molecular weight is 360 g/mol. The lowest BCUT2D eigenvalue weighted by molar-refractivity contribution is 0.487. The van der Waals surface area contributed by atoms with Gasteiger partial charge in [-0.1, -0.05) is 37.6 Å². The topological polar surface area (TPSA) is 62.2 Å². The second kappa shape index (κ2) is 9.99. The normalized spacial score (nSPS) is 12.9. The predicted molar refractivity (Wildman–Crippen MR) is 104 cm³/mol. The first kappa shape index (κ1) is 19.2. The van der Waals surface area contributed by atoms with Crippen molar-refractivity contribution >= 4 is 17.6 Å². The van der Waals surface area contributed by atoms with Gasteiger partial charge in [-0.25, -0.2) is 4.98 Å². The Morgan fingerprint density at radius 1 is 1.20 bits per heavy atom. The van der Waals surface area contributed by atoms with Crippen LogP contribution in [0.5, 0.6) is 0 Å². The summed E-state index contributed by atoms with van der Waals surface area (Å²) in [5.41, 5.74) is 2.38. The lowest BCUT2D eigenvalue weighted by Gasteiger charge is -2.23. The highest BCUT2D eigenvalue weighted by atomic mass is 35.5. The Bertz CT molecular complexity index is 655. The van der Waals surface area contributed by atoms with Crippen LogP contribution in [0.1, 0.15) is 30.9 Å². The van der Waals surface area contributed by atoms with E-state index in [1.807, 2.05) is 24.4 Å². The van der Waals surface area contributed by atoms with Crippen molar-refractivity contribution in [2.75, 3.05) is 20.1 Å². The van der Waals surface area contributed by atoms with Crippen molar-refractivity contribution in [2.24, 2.45) is 10.9 Å². The maximum Gasteiger partial charge on any atom is 0.191 e. The van der Waals surface area contributed by atoms with Gasteiger partial charge < -0.3 is 10.6 Å². The Morgan fingerprint density at radius 3 is 2.64 bits per heavy atom. The van der Waals surface area contributed by atoms with Crippen molar-refractivity contribution in [3.05, 3.63) is 59.1 Å². The molecule has 0 aliphatic rings. The number of nitrogens with one attached hydrogen (secondary N) is 2. The summed E-state index contributed by atoms with van der Waals surface area (Å²) in [6, 6.07) is 7.91. The minimum atomic E-state index is 0.382. The monoisotopic (exact) mass is 359 g/mol. The van der Waals surface area contributed by atoms with Crippen LogP contribution >= 0.6 is 11.6 Å². The fourth-order valence-electron chi connectivity index (χ4n) is 2.64. The minimum Gasteiger partial charge on any atom is -0.356 e. The Kier molecular flexibility index (Phi) is 7.67.